The number of carbonyl (C=O) groups excluding carboxylic acids is 1. The molecule has 31 heavy (non-hydrogen) atoms. The monoisotopic (exact) mass is 507 g/mol. The second kappa shape index (κ2) is 10.9. The fraction of sp³-hybridized carbons (Fsp3) is 0.500. The number of hydrogen-bond acceptors (Lipinski definition) is 2. The molecule has 0 aromatic heterocycles. The quantitative estimate of drug-likeness (QED) is 0.370. The van der Waals surface area contributed by atoms with Gasteiger partial charge in [-0.15, -0.1) is 11.6 Å². The van der Waals surface area contributed by atoms with E-state index in [-0.39, 0.29) is 11.3 Å². The molecule has 0 saturated heterocycles. The van der Waals surface area contributed by atoms with Crippen LogP contribution in [0.4, 0.5) is 5.69 Å². The second-order valence-corrected chi connectivity index (χ2v) is 10.8. The minimum atomic E-state index is -0.0759. The number of carbonyl (C=O) groups is 1. The highest BCUT2D eigenvalue weighted by molar-refractivity contribution is 9.10. The van der Waals surface area contributed by atoms with Crippen molar-refractivity contribution in [2.75, 3.05) is 17.8 Å². The van der Waals surface area contributed by atoms with Crippen molar-refractivity contribution in [3.63, 3.8) is 0 Å². The zero-order valence-corrected chi connectivity index (χ0v) is 22.1. The predicted molar refractivity (Wildman–Crippen MR) is 136 cm³/mol. The molecular weight excluding hydrogens is 474 g/mol. The number of nitrogens with one attached hydrogen (secondary N) is 1. The largest absolute Gasteiger partial charge is 0.491 e. The number of halogens is 2. The van der Waals surface area contributed by atoms with E-state index < -0.39 is 0 Å². The third-order valence-corrected chi connectivity index (χ3v) is 6.42. The molecule has 2 aromatic rings. The lowest BCUT2D eigenvalue weighted by atomic mass is 9.91. The first-order valence-electron chi connectivity index (χ1n) is 10.8. The molecule has 1 N–H and O–H groups in total. The van der Waals surface area contributed by atoms with Crippen LogP contribution in [-0.2, 0) is 11.2 Å². The summed E-state index contributed by atoms with van der Waals surface area (Å²) in [6.07, 6.45) is 1.17. The van der Waals surface area contributed by atoms with Crippen LogP contribution in [-0.4, -0.2) is 18.4 Å². The molecule has 0 unspecified atom stereocenters. The van der Waals surface area contributed by atoms with Gasteiger partial charge in [-0.2, -0.15) is 0 Å². The molecule has 2 aromatic carbocycles. The number of anilines is 1. The first kappa shape index (κ1) is 25.7. The van der Waals surface area contributed by atoms with E-state index in [0.717, 1.165) is 32.6 Å². The summed E-state index contributed by atoms with van der Waals surface area (Å²) in [4.78, 5) is 12.7. The van der Waals surface area contributed by atoms with E-state index in [1.54, 1.807) is 0 Å². The van der Waals surface area contributed by atoms with Crippen LogP contribution in [0.5, 0.6) is 5.75 Å². The summed E-state index contributed by atoms with van der Waals surface area (Å²) >= 11 is 9.63. The van der Waals surface area contributed by atoms with Crippen molar-refractivity contribution in [3.05, 3.63) is 56.6 Å². The van der Waals surface area contributed by atoms with Crippen LogP contribution >= 0.6 is 27.5 Å². The third kappa shape index (κ3) is 6.98. The number of amides is 1. The summed E-state index contributed by atoms with van der Waals surface area (Å²) in [5.74, 6) is 1.73. The lowest BCUT2D eigenvalue weighted by molar-refractivity contribution is -0.117. The van der Waals surface area contributed by atoms with Crippen molar-refractivity contribution in [2.45, 2.75) is 67.2 Å². The van der Waals surface area contributed by atoms with Crippen molar-refractivity contribution >= 4 is 39.1 Å². The van der Waals surface area contributed by atoms with Gasteiger partial charge in [0, 0.05) is 24.1 Å². The first-order chi connectivity index (χ1) is 14.4. The molecular formula is C26H35BrClNO2. The van der Waals surface area contributed by atoms with E-state index in [9.17, 15) is 4.79 Å². The Morgan fingerprint density at radius 3 is 2.26 bits per heavy atom. The third-order valence-electron chi connectivity index (χ3n) is 5.31. The topological polar surface area (TPSA) is 38.3 Å². The van der Waals surface area contributed by atoms with Crippen molar-refractivity contribution in [2.24, 2.45) is 5.41 Å². The Morgan fingerprint density at radius 1 is 1.13 bits per heavy atom. The summed E-state index contributed by atoms with van der Waals surface area (Å²) in [5, 5.41) is 3.16. The lowest BCUT2D eigenvalue weighted by Crippen LogP contribution is -2.21. The summed E-state index contributed by atoms with van der Waals surface area (Å²) in [7, 11) is 0. The number of benzene rings is 2. The summed E-state index contributed by atoms with van der Waals surface area (Å²) in [6.45, 7) is 15.1. The highest BCUT2D eigenvalue weighted by atomic mass is 79.9. The summed E-state index contributed by atoms with van der Waals surface area (Å²) in [6, 6.07) is 8.71. The zero-order chi connectivity index (χ0) is 23.3. The van der Waals surface area contributed by atoms with Gasteiger partial charge >= 0.3 is 0 Å². The Balaban J connectivity index is 2.49. The maximum Gasteiger partial charge on any atom is 0.224 e. The molecule has 1 amide bonds. The number of ether oxygens (including phenoxy) is 1. The van der Waals surface area contributed by atoms with Gasteiger partial charge in [-0.3, -0.25) is 4.79 Å². The summed E-state index contributed by atoms with van der Waals surface area (Å²) < 4.78 is 6.93. The molecule has 0 aliphatic heterocycles. The first-order valence-corrected chi connectivity index (χ1v) is 12.2. The molecule has 0 radical (unpaired) electrons. The van der Waals surface area contributed by atoms with Gasteiger partial charge in [0.15, 0.2) is 0 Å². The van der Waals surface area contributed by atoms with Gasteiger partial charge in [0.05, 0.1) is 10.4 Å². The Hall–Kier alpha value is -1.52. The highest BCUT2D eigenvalue weighted by Gasteiger charge is 2.23. The van der Waals surface area contributed by atoms with Crippen molar-refractivity contribution in [3.8, 4) is 5.75 Å². The molecule has 170 valence electrons. The molecule has 0 atom stereocenters. The highest BCUT2D eigenvalue weighted by Crippen LogP contribution is 2.42. The maximum absolute atomic E-state index is 12.7. The van der Waals surface area contributed by atoms with Gasteiger partial charge in [-0.05, 0) is 63.4 Å². The van der Waals surface area contributed by atoms with Gasteiger partial charge < -0.3 is 10.1 Å². The molecule has 0 heterocycles. The molecule has 0 fully saturated rings. The van der Waals surface area contributed by atoms with E-state index in [2.05, 4.69) is 87.1 Å². The van der Waals surface area contributed by atoms with Gasteiger partial charge in [0.1, 0.15) is 12.4 Å². The molecule has 0 aliphatic carbocycles. The van der Waals surface area contributed by atoms with E-state index in [1.165, 1.54) is 11.1 Å². The maximum atomic E-state index is 12.7. The molecule has 2 rings (SSSR count). The second-order valence-electron chi connectivity index (χ2n) is 9.64. The van der Waals surface area contributed by atoms with E-state index in [1.807, 2.05) is 6.92 Å². The van der Waals surface area contributed by atoms with Crippen molar-refractivity contribution < 1.29 is 9.53 Å². The van der Waals surface area contributed by atoms with E-state index in [4.69, 9.17) is 16.3 Å². The summed E-state index contributed by atoms with van der Waals surface area (Å²) in [5.41, 5.74) is 6.35. The average Bonchev–Trinajstić information content (AvgIpc) is 2.68. The minimum absolute atomic E-state index is 0.0206. The Bertz CT molecular complexity index is 915. The van der Waals surface area contributed by atoms with Crippen LogP contribution in [0, 0.1) is 19.3 Å². The van der Waals surface area contributed by atoms with Crippen LogP contribution in [0.3, 0.4) is 0 Å². The molecule has 0 aliphatic rings. The fourth-order valence-corrected chi connectivity index (χ4v) is 4.23. The van der Waals surface area contributed by atoms with Crippen LogP contribution in [0.15, 0.2) is 28.7 Å². The van der Waals surface area contributed by atoms with Crippen LogP contribution < -0.4 is 10.1 Å². The van der Waals surface area contributed by atoms with Gasteiger partial charge in [-0.25, -0.2) is 0 Å². The normalized spacial score (nSPS) is 11.7. The fourth-order valence-electron chi connectivity index (χ4n) is 3.60. The Labute approximate surface area is 201 Å². The molecule has 3 nitrogen and oxygen atoms in total. The SMILES string of the molecule is Cc1c(Br)c(OCCCl)c(Cc2ccc(C(C)C)cc2)c(C)c1NC(=O)CC(C)(C)C. The minimum Gasteiger partial charge on any atom is -0.491 e. The Morgan fingerprint density at radius 2 is 1.74 bits per heavy atom. The lowest BCUT2D eigenvalue weighted by Gasteiger charge is -2.23. The van der Waals surface area contributed by atoms with Gasteiger partial charge in [0.2, 0.25) is 5.91 Å². The number of hydrogen-bond donors (Lipinski definition) is 1. The number of rotatable bonds is 8. The van der Waals surface area contributed by atoms with E-state index in [0.29, 0.717) is 31.2 Å². The standard InChI is InChI=1S/C26H35BrClNO2/c1-16(2)20-10-8-19(9-11-20)14-21-17(3)24(29-22(30)15-26(5,6)7)18(4)23(27)25(21)31-13-12-28/h8-11,16H,12-15H2,1-7H3,(H,29,30). The molecule has 0 saturated carbocycles. The molecule has 0 bridgehead atoms. The van der Waals surface area contributed by atoms with Gasteiger partial charge in [0.25, 0.3) is 0 Å². The van der Waals surface area contributed by atoms with Crippen LogP contribution in [0.2, 0.25) is 0 Å². The van der Waals surface area contributed by atoms with E-state index >= 15 is 0 Å². The smallest absolute Gasteiger partial charge is 0.224 e. The molecule has 5 heteroatoms. The van der Waals surface area contributed by atoms with Crippen LogP contribution in [0.25, 0.3) is 0 Å². The average molecular weight is 509 g/mol. The van der Waals surface area contributed by atoms with Crippen molar-refractivity contribution in [1.29, 1.82) is 0 Å². The van der Waals surface area contributed by atoms with Gasteiger partial charge in [-0.1, -0.05) is 58.9 Å². The zero-order valence-electron chi connectivity index (χ0n) is 19.8. The number of alkyl halides is 1. The van der Waals surface area contributed by atoms with Crippen molar-refractivity contribution in [1.82, 2.24) is 0 Å². The molecule has 0 spiro atoms. The van der Waals surface area contributed by atoms with Crippen LogP contribution in [0.1, 0.15) is 74.8 Å². The Kier molecular flexibility index (Phi) is 9.03. The predicted octanol–water partition coefficient (Wildman–Crippen LogP) is 7.77.